The monoisotopic (exact) mass is 495 g/mol. The number of aromatic nitrogens is 2. The Balaban J connectivity index is 1.35. The molecule has 0 radical (unpaired) electrons. The zero-order chi connectivity index (χ0) is 25.4. The van der Waals surface area contributed by atoms with E-state index < -0.39 is 17.6 Å². The van der Waals surface area contributed by atoms with Crippen LogP contribution in [-0.4, -0.2) is 40.8 Å². The summed E-state index contributed by atoms with van der Waals surface area (Å²) in [5.74, 6) is -1.61. The lowest BCUT2D eigenvalue weighted by Crippen LogP contribution is -2.08. The predicted molar refractivity (Wildman–Crippen MR) is 128 cm³/mol. The summed E-state index contributed by atoms with van der Waals surface area (Å²) in [6.45, 7) is 2.05. The third-order valence-electron chi connectivity index (χ3n) is 6.01. The summed E-state index contributed by atoms with van der Waals surface area (Å²) in [5.41, 5.74) is 2.06. The Kier molecular flexibility index (Phi) is 6.17. The molecule has 1 fully saturated rings. The maximum atomic E-state index is 14.6. The van der Waals surface area contributed by atoms with Crippen molar-refractivity contribution in [1.29, 1.82) is 0 Å². The molecule has 0 unspecified atom stereocenters. The molecule has 4 aromatic rings. The predicted octanol–water partition coefficient (Wildman–Crippen LogP) is 5.38. The number of hydrogen-bond donors (Lipinski definition) is 2. The van der Waals surface area contributed by atoms with Crippen molar-refractivity contribution in [3.63, 3.8) is 0 Å². The number of rotatable bonds is 9. The van der Waals surface area contributed by atoms with Gasteiger partial charge in [-0.2, -0.15) is 0 Å². The highest BCUT2D eigenvalue weighted by Crippen LogP contribution is 2.36. The van der Waals surface area contributed by atoms with Crippen molar-refractivity contribution in [3.8, 4) is 22.8 Å². The number of nitrogens with zero attached hydrogens (tertiary/aromatic N) is 2. The molecule has 0 aliphatic heterocycles. The third-order valence-corrected chi connectivity index (χ3v) is 6.01. The molecule has 2 heterocycles. The first-order chi connectivity index (χ1) is 17.4. The van der Waals surface area contributed by atoms with E-state index in [0.29, 0.717) is 47.1 Å². The van der Waals surface area contributed by atoms with Crippen LogP contribution in [0.15, 0.2) is 41.1 Å². The fourth-order valence-electron chi connectivity index (χ4n) is 4.05. The summed E-state index contributed by atoms with van der Waals surface area (Å²) >= 11 is 0. The van der Waals surface area contributed by atoms with E-state index in [2.05, 4.69) is 15.3 Å². The minimum atomic E-state index is -1.06. The van der Waals surface area contributed by atoms with Crippen molar-refractivity contribution in [2.45, 2.75) is 32.3 Å². The highest BCUT2D eigenvalue weighted by molar-refractivity contribution is 5.92. The van der Waals surface area contributed by atoms with Crippen LogP contribution in [0.4, 0.5) is 14.6 Å². The Morgan fingerprint density at radius 2 is 2.00 bits per heavy atom. The van der Waals surface area contributed by atoms with Gasteiger partial charge in [-0.15, -0.1) is 0 Å². The first-order valence-corrected chi connectivity index (χ1v) is 11.4. The van der Waals surface area contributed by atoms with Crippen LogP contribution < -0.4 is 14.8 Å². The lowest BCUT2D eigenvalue weighted by atomic mass is 10.1. The molecule has 5 rings (SSSR count). The Labute approximate surface area is 204 Å². The Morgan fingerprint density at radius 3 is 2.72 bits per heavy atom. The number of nitrogens with one attached hydrogen (secondary N) is 1. The van der Waals surface area contributed by atoms with Crippen LogP contribution in [0.2, 0.25) is 0 Å². The number of carbonyl (C=O) groups is 1. The average molecular weight is 495 g/mol. The zero-order valence-corrected chi connectivity index (χ0v) is 19.6. The maximum absolute atomic E-state index is 14.6. The number of aromatic carboxylic acids is 1. The van der Waals surface area contributed by atoms with Gasteiger partial charge in [-0.05, 0) is 38.3 Å². The fraction of sp³-hybridized carbons (Fsp3) is 0.269. The van der Waals surface area contributed by atoms with Gasteiger partial charge >= 0.3 is 5.97 Å². The first kappa shape index (κ1) is 23.5. The summed E-state index contributed by atoms with van der Waals surface area (Å²) in [4.78, 5) is 20.1. The molecule has 0 atom stereocenters. The minimum absolute atomic E-state index is 0.0433. The molecule has 2 aromatic carbocycles. The molecular formula is C26H23F2N3O5. The van der Waals surface area contributed by atoms with Crippen LogP contribution in [0, 0.1) is 18.6 Å². The molecule has 1 aliphatic rings. The fourth-order valence-corrected chi connectivity index (χ4v) is 4.05. The minimum Gasteiger partial charge on any atom is -0.493 e. The second-order valence-electron chi connectivity index (χ2n) is 8.51. The lowest BCUT2D eigenvalue weighted by molar-refractivity contribution is 0.0692. The molecular weight excluding hydrogens is 472 g/mol. The number of furan rings is 1. The number of halogens is 2. The van der Waals surface area contributed by atoms with E-state index in [1.165, 1.54) is 19.5 Å². The number of hydrogen-bond acceptors (Lipinski definition) is 7. The molecule has 1 aliphatic carbocycles. The number of carboxylic acids is 1. The number of fused-ring (bicyclic) bond motifs is 1. The van der Waals surface area contributed by atoms with Gasteiger partial charge in [0.15, 0.2) is 23.0 Å². The van der Waals surface area contributed by atoms with Crippen LogP contribution in [0.1, 0.15) is 34.5 Å². The maximum Gasteiger partial charge on any atom is 0.339 e. The summed E-state index contributed by atoms with van der Waals surface area (Å²) in [6, 6.07) is 7.52. The molecule has 1 saturated carbocycles. The number of methoxy groups -OCH3 is 1. The van der Waals surface area contributed by atoms with Gasteiger partial charge in [0.1, 0.15) is 29.2 Å². The van der Waals surface area contributed by atoms with Gasteiger partial charge < -0.3 is 24.3 Å². The second kappa shape index (κ2) is 9.44. The quantitative estimate of drug-likeness (QED) is 0.319. The zero-order valence-electron chi connectivity index (χ0n) is 19.6. The summed E-state index contributed by atoms with van der Waals surface area (Å²) in [5, 5.41) is 12.7. The highest BCUT2D eigenvalue weighted by atomic mass is 19.2. The second-order valence-corrected chi connectivity index (χ2v) is 8.51. The topological polar surface area (TPSA) is 107 Å². The van der Waals surface area contributed by atoms with Crippen LogP contribution in [0.3, 0.4) is 0 Å². The summed E-state index contributed by atoms with van der Waals surface area (Å²) < 4.78 is 45.3. The highest BCUT2D eigenvalue weighted by Gasteiger charge is 2.26. The van der Waals surface area contributed by atoms with Gasteiger partial charge in [-0.3, -0.25) is 0 Å². The van der Waals surface area contributed by atoms with Gasteiger partial charge in [0.25, 0.3) is 0 Å². The Morgan fingerprint density at radius 1 is 1.19 bits per heavy atom. The van der Waals surface area contributed by atoms with Crippen molar-refractivity contribution in [3.05, 3.63) is 65.2 Å². The SMILES string of the molecule is COc1cc(F)c(F)c2c(CCNc3cc(-c4ccc(C(=O)O)c(OC5CC5)c4)ncn3)c(C)oc12. The third kappa shape index (κ3) is 4.53. The van der Waals surface area contributed by atoms with Gasteiger partial charge in [-0.25, -0.2) is 23.5 Å². The van der Waals surface area contributed by atoms with Crippen LogP contribution in [-0.2, 0) is 6.42 Å². The number of ether oxygens (including phenoxy) is 2. The standard InChI is InChI=1S/C26H23F2N3O5/c1-13-16(23-24(28)18(27)10-21(34-2)25(23)35-13)7-8-29-22-11-19(30-12-31-22)14-3-6-17(26(32)33)20(9-14)36-15-4-5-15/h3,6,9-12,15H,4-5,7-8H2,1-2H3,(H,32,33)(H,29,30,31). The van der Waals surface area contributed by atoms with Gasteiger partial charge in [-0.1, -0.05) is 6.07 Å². The number of benzene rings is 2. The number of carboxylic acid groups (broad SMARTS) is 1. The molecule has 0 amide bonds. The molecule has 10 heteroatoms. The van der Waals surface area contributed by atoms with E-state index in [4.69, 9.17) is 13.9 Å². The molecule has 0 spiro atoms. The van der Waals surface area contributed by atoms with E-state index in [0.717, 1.165) is 18.9 Å². The van der Waals surface area contributed by atoms with E-state index in [1.54, 1.807) is 25.1 Å². The first-order valence-electron chi connectivity index (χ1n) is 11.4. The van der Waals surface area contributed by atoms with Gasteiger partial charge in [0, 0.05) is 29.8 Å². The largest absolute Gasteiger partial charge is 0.493 e. The van der Waals surface area contributed by atoms with E-state index in [9.17, 15) is 18.7 Å². The molecule has 0 bridgehead atoms. The van der Waals surface area contributed by atoms with E-state index in [1.807, 2.05) is 0 Å². The number of aryl methyl sites for hydroxylation is 1. The Hall–Kier alpha value is -4.21. The lowest BCUT2D eigenvalue weighted by Gasteiger charge is -2.11. The van der Waals surface area contributed by atoms with E-state index in [-0.39, 0.29) is 28.4 Å². The Bertz CT molecular complexity index is 1470. The van der Waals surface area contributed by atoms with E-state index >= 15 is 0 Å². The van der Waals surface area contributed by atoms with Crippen LogP contribution in [0.25, 0.3) is 22.2 Å². The van der Waals surface area contributed by atoms with Crippen molar-refractivity contribution in [1.82, 2.24) is 9.97 Å². The molecule has 36 heavy (non-hydrogen) atoms. The molecule has 2 N–H and O–H groups in total. The summed E-state index contributed by atoms with van der Waals surface area (Å²) in [6.07, 6.45) is 3.58. The normalized spacial score (nSPS) is 13.1. The van der Waals surface area contributed by atoms with Crippen molar-refractivity contribution < 1.29 is 32.6 Å². The van der Waals surface area contributed by atoms with Gasteiger partial charge in [0.05, 0.1) is 24.3 Å². The number of anilines is 1. The molecule has 2 aromatic heterocycles. The van der Waals surface area contributed by atoms with Crippen molar-refractivity contribution in [2.24, 2.45) is 0 Å². The smallest absolute Gasteiger partial charge is 0.339 e. The molecule has 186 valence electrons. The van der Waals surface area contributed by atoms with Crippen LogP contribution >= 0.6 is 0 Å². The van der Waals surface area contributed by atoms with Gasteiger partial charge in [0.2, 0.25) is 0 Å². The van der Waals surface area contributed by atoms with Crippen molar-refractivity contribution in [2.75, 3.05) is 19.0 Å². The summed E-state index contributed by atoms with van der Waals surface area (Å²) in [7, 11) is 1.37. The molecule has 8 nitrogen and oxygen atoms in total. The average Bonchev–Trinajstić information content (AvgIpc) is 3.62. The molecule has 0 saturated heterocycles. The van der Waals surface area contributed by atoms with Crippen LogP contribution in [0.5, 0.6) is 11.5 Å². The van der Waals surface area contributed by atoms with Crippen molar-refractivity contribution >= 4 is 22.8 Å².